The lowest BCUT2D eigenvalue weighted by Gasteiger charge is -2.04. The van der Waals surface area contributed by atoms with Gasteiger partial charge in [0.25, 0.3) is 0 Å². The second-order valence-electron chi connectivity index (χ2n) is 6.56. The lowest BCUT2D eigenvalue weighted by atomic mass is 10.0. The minimum atomic E-state index is 0.973. The zero-order chi connectivity index (χ0) is 15.7. The van der Waals surface area contributed by atoms with Crippen LogP contribution < -0.4 is 5.32 Å². The topological polar surface area (TPSA) is 24.4 Å². The number of unbranched alkanes of at least 4 members (excludes halogenated alkanes) is 13. The molecule has 0 spiro atoms. The molecule has 1 heterocycles. The Balaban J connectivity index is 1.66. The van der Waals surface area contributed by atoms with E-state index in [1.165, 1.54) is 101 Å². The van der Waals surface area contributed by atoms with Gasteiger partial charge in [0.15, 0.2) is 5.17 Å². The zero-order valence-electron chi connectivity index (χ0n) is 14.9. The van der Waals surface area contributed by atoms with Gasteiger partial charge >= 0.3 is 0 Å². The molecule has 0 amide bonds. The summed E-state index contributed by atoms with van der Waals surface area (Å²) >= 11 is 1.91. The number of rotatable bonds is 15. The summed E-state index contributed by atoms with van der Waals surface area (Å²) in [5, 5.41) is 4.49. The van der Waals surface area contributed by atoms with Crippen molar-refractivity contribution in [2.75, 3.05) is 18.8 Å². The number of amidine groups is 1. The minimum absolute atomic E-state index is 0.973. The molecule has 2 nitrogen and oxygen atoms in total. The molecule has 1 aliphatic rings. The van der Waals surface area contributed by atoms with Crippen molar-refractivity contribution in [1.29, 1.82) is 0 Å². The van der Waals surface area contributed by atoms with Crippen LogP contribution in [0.4, 0.5) is 0 Å². The number of nitrogens with one attached hydrogen (secondary N) is 1. The van der Waals surface area contributed by atoms with Crippen LogP contribution in [0.2, 0.25) is 0 Å². The average molecular weight is 327 g/mol. The smallest absolute Gasteiger partial charge is 0.156 e. The minimum Gasteiger partial charge on any atom is -0.363 e. The number of aliphatic imine (C=N–C) groups is 1. The van der Waals surface area contributed by atoms with Gasteiger partial charge in [-0.3, -0.25) is 4.99 Å². The van der Waals surface area contributed by atoms with E-state index < -0.39 is 0 Å². The van der Waals surface area contributed by atoms with Crippen LogP contribution in [0.5, 0.6) is 0 Å². The lowest BCUT2D eigenvalue weighted by molar-refractivity contribution is 0.538. The molecular weight excluding hydrogens is 288 g/mol. The van der Waals surface area contributed by atoms with Gasteiger partial charge in [-0.2, -0.15) is 0 Å². The quantitative estimate of drug-likeness (QED) is 0.364. The molecule has 0 fully saturated rings. The van der Waals surface area contributed by atoms with Crippen molar-refractivity contribution < 1.29 is 0 Å². The Morgan fingerprint density at radius 3 is 1.73 bits per heavy atom. The van der Waals surface area contributed by atoms with Gasteiger partial charge in [0, 0.05) is 12.3 Å². The highest BCUT2D eigenvalue weighted by Crippen LogP contribution is 2.14. The maximum Gasteiger partial charge on any atom is 0.156 e. The average Bonchev–Trinajstić information content (AvgIpc) is 3.04. The molecule has 0 bridgehead atoms. The third-order valence-corrected chi connectivity index (χ3v) is 5.42. The fraction of sp³-hybridized carbons (Fsp3) is 0.947. The Bertz CT molecular complexity index is 266. The molecule has 1 rings (SSSR count). The molecule has 3 heteroatoms. The monoisotopic (exact) mass is 326 g/mol. The fourth-order valence-corrected chi connectivity index (χ4v) is 3.87. The van der Waals surface area contributed by atoms with Gasteiger partial charge in [-0.1, -0.05) is 102 Å². The molecule has 0 aromatic carbocycles. The lowest BCUT2D eigenvalue weighted by Crippen LogP contribution is -2.15. The Kier molecular flexibility index (Phi) is 14.2. The number of hydrogen-bond donors (Lipinski definition) is 1. The van der Waals surface area contributed by atoms with Crippen molar-refractivity contribution in [2.24, 2.45) is 4.99 Å². The predicted molar refractivity (Wildman–Crippen MR) is 103 cm³/mol. The van der Waals surface area contributed by atoms with Crippen molar-refractivity contribution >= 4 is 16.9 Å². The Morgan fingerprint density at radius 2 is 1.27 bits per heavy atom. The summed E-state index contributed by atoms with van der Waals surface area (Å²) in [5.41, 5.74) is 0. The standard InChI is InChI=1S/C19H38N2S/c1-2-3-4-5-6-7-8-9-10-11-12-13-14-15-18-22-19-20-16-17-21-19/h2-18H2,1H3,(H,20,21). The van der Waals surface area contributed by atoms with E-state index >= 15 is 0 Å². The molecule has 0 saturated carbocycles. The molecule has 1 N–H and O–H groups in total. The van der Waals surface area contributed by atoms with Crippen LogP contribution in [-0.2, 0) is 0 Å². The Hall–Kier alpha value is -0.180. The summed E-state index contributed by atoms with van der Waals surface area (Å²) in [5.74, 6) is 1.24. The van der Waals surface area contributed by atoms with Crippen LogP contribution in [0.3, 0.4) is 0 Å². The first kappa shape index (κ1) is 19.9. The van der Waals surface area contributed by atoms with Gasteiger partial charge < -0.3 is 5.32 Å². The molecule has 0 radical (unpaired) electrons. The summed E-state index contributed by atoms with van der Waals surface area (Å²) in [7, 11) is 0. The molecule has 22 heavy (non-hydrogen) atoms. The first-order valence-electron chi connectivity index (χ1n) is 9.84. The normalized spacial score (nSPS) is 14.1. The third-order valence-electron chi connectivity index (χ3n) is 4.38. The maximum atomic E-state index is 4.41. The molecule has 0 saturated heterocycles. The van der Waals surface area contributed by atoms with E-state index in [0.717, 1.165) is 13.1 Å². The Labute approximate surface area is 143 Å². The van der Waals surface area contributed by atoms with E-state index in [0.29, 0.717) is 0 Å². The summed E-state index contributed by atoms with van der Waals surface area (Å²) < 4.78 is 0. The molecule has 0 unspecified atom stereocenters. The van der Waals surface area contributed by atoms with E-state index in [9.17, 15) is 0 Å². The molecule has 0 atom stereocenters. The summed E-state index contributed by atoms with van der Waals surface area (Å²) in [6, 6.07) is 0. The molecule has 1 aliphatic heterocycles. The van der Waals surface area contributed by atoms with Gasteiger partial charge in [0.2, 0.25) is 0 Å². The Morgan fingerprint density at radius 1 is 0.773 bits per heavy atom. The van der Waals surface area contributed by atoms with Gasteiger partial charge in [-0.25, -0.2) is 0 Å². The highest BCUT2D eigenvalue weighted by molar-refractivity contribution is 8.13. The van der Waals surface area contributed by atoms with E-state index in [-0.39, 0.29) is 0 Å². The van der Waals surface area contributed by atoms with Crippen LogP contribution >= 0.6 is 11.8 Å². The molecular formula is C19H38N2S. The number of hydrogen-bond acceptors (Lipinski definition) is 3. The molecule has 130 valence electrons. The zero-order valence-corrected chi connectivity index (χ0v) is 15.7. The van der Waals surface area contributed by atoms with Crippen LogP contribution in [0.25, 0.3) is 0 Å². The summed E-state index contributed by atoms with van der Waals surface area (Å²) in [6.07, 6.45) is 20.1. The van der Waals surface area contributed by atoms with Crippen molar-refractivity contribution in [2.45, 2.75) is 96.8 Å². The van der Waals surface area contributed by atoms with Crippen molar-refractivity contribution in [1.82, 2.24) is 5.32 Å². The number of nitrogens with zero attached hydrogens (tertiary/aromatic N) is 1. The SMILES string of the molecule is CCCCCCCCCCCCCCCCSC1=NCCN1. The van der Waals surface area contributed by atoms with Crippen LogP contribution in [-0.4, -0.2) is 24.0 Å². The first-order chi connectivity index (χ1) is 10.9. The highest BCUT2D eigenvalue weighted by Gasteiger charge is 2.04. The molecule has 0 aromatic rings. The van der Waals surface area contributed by atoms with Crippen molar-refractivity contribution in [3.05, 3.63) is 0 Å². The van der Waals surface area contributed by atoms with Gasteiger partial charge in [0.05, 0.1) is 6.54 Å². The van der Waals surface area contributed by atoms with E-state index in [4.69, 9.17) is 0 Å². The molecule has 0 aromatic heterocycles. The second-order valence-corrected chi connectivity index (χ2v) is 7.64. The van der Waals surface area contributed by atoms with Crippen molar-refractivity contribution in [3.8, 4) is 0 Å². The van der Waals surface area contributed by atoms with E-state index in [1.54, 1.807) is 0 Å². The van der Waals surface area contributed by atoms with Crippen LogP contribution in [0, 0.1) is 0 Å². The summed E-state index contributed by atoms with van der Waals surface area (Å²) in [4.78, 5) is 4.41. The van der Waals surface area contributed by atoms with Gasteiger partial charge in [-0.15, -0.1) is 0 Å². The van der Waals surface area contributed by atoms with Crippen LogP contribution in [0.15, 0.2) is 4.99 Å². The second kappa shape index (κ2) is 15.7. The largest absolute Gasteiger partial charge is 0.363 e. The predicted octanol–water partition coefficient (Wildman–Crippen LogP) is 6.16. The van der Waals surface area contributed by atoms with Gasteiger partial charge in [0.1, 0.15) is 0 Å². The number of thioether (sulfide) groups is 1. The summed E-state index contributed by atoms with van der Waals surface area (Å²) in [6.45, 7) is 4.31. The first-order valence-corrected chi connectivity index (χ1v) is 10.8. The fourth-order valence-electron chi connectivity index (χ4n) is 2.94. The van der Waals surface area contributed by atoms with Crippen molar-refractivity contribution in [3.63, 3.8) is 0 Å². The highest BCUT2D eigenvalue weighted by atomic mass is 32.2. The van der Waals surface area contributed by atoms with E-state index in [1.807, 2.05) is 11.8 Å². The third kappa shape index (κ3) is 12.4. The van der Waals surface area contributed by atoms with Crippen LogP contribution in [0.1, 0.15) is 96.8 Å². The maximum absolute atomic E-state index is 4.41. The van der Waals surface area contributed by atoms with E-state index in [2.05, 4.69) is 17.2 Å². The van der Waals surface area contributed by atoms with Gasteiger partial charge in [-0.05, 0) is 6.42 Å². The molecule has 0 aliphatic carbocycles.